The predicted octanol–water partition coefficient (Wildman–Crippen LogP) is 1.30. The number of carbonyl (C=O) groups excluding carboxylic acids is 3. The third-order valence-electron chi connectivity index (χ3n) is 4.86. The Morgan fingerprint density at radius 3 is 2.03 bits per heavy atom. The van der Waals surface area contributed by atoms with Gasteiger partial charge in [0.25, 0.3) is 5.91 Å². The number of hydrogen-bond donors (Lipinski definition) is 1. The van der Waals surface area contributed by atoms with Gasteiger partial charge in [-0.25, -0.2) is 18.0 Å². The molecular formula is C22H24N2O9S. The van der Waals surface area contributed by atoms with Gasteiger partial charge >= 0.3 is 11.9 Å². The van der Waals surface area contributed by atoms with E-state index >= 15 is 0 Å². The van der Waals surface area contributed by atoms with Gasteiger partial charge in [-0.3, -0.25) is 4.79 Å². The number of carbonyl (C=O) groups is 3. The highest BCUT2D eigenvalue weighted by molar-refractivity contribution is 7.89. The minimum absolute atomic E-state index is 0.0536. The summed E-state index contributed by atoms with van der Waals surface area (Å²) in [5.74, 6) is -1.82. The minimum atomic E-state index is -3.64. The average Bonchev–Trinajstić information content (AvgIpc) is 2.87. The van der Waals surface area contributed by atoms with Crippen LogP contribution in [0.15, 0.2) is 47.4 Å². The number of amides is 1. The molecule has 1 aliphatic heterocycles. The van der Waals surface area contributed by atoms with Gasteiger partial charge in [-0.15, -0.1) is 0 Å². The van der Waals surface area contributed by atoms with Gasteiger partial charge in [0.15, 0.2) is 6.61 Å². The molecule has 1 heterocycles. The molecule has 1 amide bonds. The zero-order valence-corrected chi connectivity index (χ0v) is 19.4. The lowest BCUT2D eigenvalue weighted by Crippen LogP contribution is -2.40. The number of nitrogens with zero attached hydrogens (tertiary/aromatic N) is 1. The van der Waals surface area contributed by atoms with Crippen molar-refractivity contribution in [2.45, 2.75) is 4.90 Å². The number of hydrogen-bond acceptors (Lipinski definition) is 9. The molecule has 0 aromatic heterocycles. The van der Waals surface area contributed by atoms with E-state index in [9.17, 15) is 22.8 Å². The number of morpholine rings is 1. The number of sulfonamides is 1. The van der Waals surface area contributed by atoms with Gasteiger partial charge in [0, 0.05) is 18.8 Å². The van der Waals surface area contributed by atoms with Crippen LogP contribution in [0, 0.1) is 0 Å². The standard InChI is InChI=1S/C22H24N2O9S/c1-30-21(26)15-11-16(22(27)31-2)13-18(12-15)33-14-20(25)23-17-3-5-19(6-4-17)34(28,29)24-7-9-32-10-8-24/h3-6,11-13H,7-10,14H2,1-2H3,(H,23,25). The molecule has 1 N–H and O–H groups in total. The Bertz CT molecular complexity index is 1120. The molecule has 0 atom stereocenters. The molecule has 182 valence electrons. The monoisotopic (exact) mass is 492 g/mol. The molecule has 0 unspecified atom stereocenters. The van der Waals surface area contributed by atoms with E-state index in [1.165, 1.54) is 61.0 Å². The number of nitrogens with one attached hydrogen (secondary N) is 1. The number of methoxy groups -OCH3 is 2. The fraction of sp³-hybridized carbons (Fsp3) is 0.318. The number of rotatable bonds is 8. The first-order valence-corrected chi connectivity index (χ1v) is 11.6. The van der Waals surface area contributed by atoms with Crippen LogP contribution in [0.2, 0.25) is 0 Å². The second-order valence-electron chi connectivity index (χ2n) is 7.11. The molecule has 34 heavy (non-hydrogen) atoms. The largest absolute Gasteiger partial charge is 0.484 e. The first kappa shape index (κ1) is 25.1. The lowest BCUT2D eigenvalue weighted by atomic mass is 10.1. The molecule has 0 bridgehead atoms. The van der Waals surface area contributed by atoms with Crippen molar-refractivity contribution in [3.63, 3.8) is 0 Å². The van der Waals surface area contributed by atoms with Crippen molar-refractivity contribution >= 4 is 33.6 Å². The molecule has 2 aromatic rings. The van der Waals surface area contributed by atoms with Crippen LogP contribution in [0.1, 0.15) is 20.7 Å². The maximum atomic E-state index is 12.7. The second-order valence-corrected chi connectivity index (χ2v) is 9.04. The summed E-state index contributed by atoms with van der Waals surface area (Å²) in [6, 6.07) is 9.70. The first-order valence-electron chi connectivity index (χ1n) is 10.2. The van der Waals surface area contributed by atoms with Crippen molar-refractivity contribution in [1.82, 2.24) is 4.31 Å². The highest BCUT2D eigenvalue weighted by Crippen LogP contribution is 2.21. The SMILES string of the molecule is COC(=O)c1cc(OCC(=O)Nc2ccc(S(=O)(=O)N3CCOCC3)cc2)cc(C(=O)OC)c1. The van der Waals surface area contributed by atoms with Crippen LogP contribution in [-0.4, -0.2) is 77.7 Å². The highest BCUT2D eigenvalue weighted by Gasteiger charge is 2.26. The smallest absolute Gasteiger partial charge is 0.338 e. The molecule has 0 spiro atoms. The Morgan fingerprint density at radius 1 is 0.941 bits per heavy atom. The number of benzene rings is 2. The lowest BCUT2D eigenvalue weighted by molar-refractivity contribution is -0.118. The molecule has 3 rings (SSSR count). The van der Waals surface area contributed by atoms with Crippen LogP contribution in [-0.2, 0) is 29.0 Å². The fourth-order valence-electron chi connectivity index (χ4n) is 3.15. The summed E-state index contributed by atoms with van der Waals surface area (Å²) in [7, 11) is -1.25. The average molecular weight is 493 g/mol. The maximum Gasteiger partial charge on any atom is 0.338 e. The van der Waals surface area contributed by atoms with Crippen LogP contribution in [0.3, 0.4) is 0 Å². The van der Waals surface area contributed by atoms with E-state index in [-0.39, 0.29) is 34.9 Å². The molecule has 12 heteroatoms. The Hall–Kier alpha value is -3.48. The van der Waals surface area contributed by atoms with Gasteiger partial charge in [-0.1, -0.05) is 0 Å². The summed E-state index contributed by atoms with van der Waals surface area (Å²) >= 11 is 0. The van der Waals surface area contributed by atoms with Crippen molar-refractivity contribution in [2.75, 3.05) is 52.4 Å². The maximum absolute atomic E-state index is 12.7. The van der Waals surface area contributed by atoms with E-state index in [0.717, 1.165) is 0 Å². The summed E-state index contributed by atoms with van der Waals surface area (Å²) < 4.78 is 46.6. The third kappa shape index (κ3) is 6.10. The molecule has 1 saturated heterocycles. The Balaban J connectivity index is 1.64. The van der Waals surface area contributed by atoms with Crippen molar-refractivity contribution in [2.24, 2.45) is 0 Å². The summed E-state index contributed by atoms with van der Waals surface area (Å²) in [6.07, 6.45) is 0. The van der Waals surface area contributed by atoms with Crippen LogP contribution in [0.25, 0.3) is 0 Å². The molecule has 2 aromatic carbocycles. The fourth-order valence-corrected chi connectivity index (χ4v) is 4.55. The Kier molecular flexibility index (Phi) is 8.21. The number of anilines is 1. The van der Waals surface area contributed by atoms with Crippen LogP contribution >= 0.6 is 0 Å². The molecule has 1 fully saturated rings. The minimum Gasteiger partial charge on any atom is -0.484 e. The molecule has 11 nitrogen and oxygen atoms in total. The van der Waals surface area contributed by atoms with E-state index in [4.69, 9.17) is 9.47 Å². The van der Waals surface area contributed by atoms with Gasteiger partial charge in [0.1, 0.15) is 5.75 Å². The van der Waals surface area contributed by atoms with E-state index in [0.29, 0.717) is 18.9 Å². The first-order chi connectivity index (χ1) is 16.2. The van der Waals surface area contributed by atoms with Gasteiger partial charge < -0.3 is 24.3 Å². The topological polar surface area (TPSA) is 138 Å². The molecule has 0 aliphatic carbocycles. The number of ether oxygens (including phenoxy) is 4. The summed E-state index contributed by atoms with van der Waals surface area (Å²) in [6.45, 7) is 0.827. The molecule has 1 aliphatic rings. The zero-order valence-electron chi connectivity index (χ0n) is 18.6. The van der Waals surface area contributed by atoms with Crippen molar-refractivity contribution in [3.05, 3.63) is 53.6 Å². The second kappa shape index (κ2) is 11.1. The summed E-state index contributed by atoms with van der Waals surface area (Å²) in [5.41, 5.74) is 0.476. The molecular weight excluding hydrogens is 468 g/mol. The Morgan fingerprint density at radius 2 is 1.50 bits per heavy atom. The number of esters is 2. The third-order valence-corrected chi connectivity index (χ3v) is 6.78. The van der Waals surface area contributed by atoms with Gasteiger partial charge in [-0.2, -0.15) is 4.31 Å². The Labute approximate surface area is 196 Å². The predicted molar refractivity (Wildman–Crippen MR) is 119 cm³/mol. The summed E-state index contributed by atoms with van der Waals surface area (Å²) in [5, 5.41) is 2.59. The summed E-state index contributed by atoms with van der Waals surface area (Å²) in [4.78, 5) is 36.1. The van der Waals surface area contributed by atoms with Gasteiger partial charge in [-0.05, 0) is 42.5 Å². The van der Waals surface area contributed by atoms with E-state index < -0.39 is 34.5 Å². The van der Waals surface area contributed by atoms with Crippen molar-refractivity contribution in [3.8, 4) is 5.75 Å². The highest BCUT2D eigenvalue weighted by atomic mass is 32.2. The van der Waals surface area contributed by atoms with E-state index in [2.05, 4.69) is 14.8 Å². The van der Waals surface area contributed by atoms with Crippen LogP contribution in [0.4, 0.5) is 5.69 Å². The lowest BCUT2D eigenvalue weighted by Gasteiger charge is -2.26. The van der Waals surface area contributed by atoms with Crippen LogP contribution in [0.5, 0.6) is 5.75 Å². The van der Waals surface area contributed by atoms with Crippen molar-refractivity contribution < 1.29 is 41.7 Å². The van der Waals surface area contributed by atoms with Gasteiger partial charge in [0.05, 0.1) is 43.5 Å². The van der Waals surface area contributed by atoms with Crippen LogP contribution < -0.4 is 10.1 Å². The van der Waals surface area contributed by atoms with E-state index in [1.54, 1.807) is 0 Å². The van der Waals surface area contributed by atoms with Gasteiger partial charge in [0.2, 0.25) is 10.0 Å². The quantitative estimate of drug-likeness (QED) is 0.540. The molecule has 0 radical (unpaired) electrons. The zero-order chi connectivity index (χ0) is 24.7. The normalized spacial score (nSPS) is 14.2. The molecule has 0 saturated carbocycles. The van der Waals surface area contributed by atoms with Crippen molar-refractivity contribution in [1.29, 1.82) is 0 Å². The van der Waals surface area contributed by atoms with E-state index in [1.807, 2.05) is 0 Å².